The van der Waals surface area contributed by atoms with Crippen LogP contribution in [-0.2, 0) is 4.79 Å². The standard InChI is InChI=1S/C12H16BrNO/c1-3-9(2)8-12(15)14-11-6-4-10(13)5-7-11/h4-7,9H,3,8H2,1-2H3,(H,14,15). The van der Waals surface area contributed by atoms with Crippen LogP contribution in [-0.4, -0.2) is 5.91 Å². The smallest absolute Gasteiger partial charge is 0.224 e. The Labute approximate surface area is 99.2 Å². The first-order valence-electron chi connectivity index (χ1n) is 5.17. The van der Waals surface area contributed by atoms with E-state index < -0.39 is 0 Å². The van der Waals surface area contributed by atoms with Crippen LogP contribution in [0.5, 0.6) is 0 Å². The van der Waals surface area contributed by atoms with Gasteiger partial charge in [0.15, 0.2) is 0 Å². The normalized spacial score (nSPS) is 12.2. The Morgan fingerprint density at radius 3 is 2.53 bits per heavy atom. The highest BCUT2D eigenvalue weighted by Crippen LogP contribution is 2.15. The minimum Gasteiger partial charge on any atom is -0.326 e. The molecule has 0 bridgehead atoms. The zero-order valence-electron chi connectivity index (χ0n) is 9.09. The molecule has 0 fully saturated rings. The van der Waals surface area contributed by atoms with Gasteiger partial charge >= 0.3 is 0 Å². The van der Waals surface area contributed by atoms with E-state index in [1.54, 1.807) is 0 Å². The zero-order chi connectivity index (χ0) is 11.3. The highest BCUT2D eigenvalue weighted by Gasteiger charge is 2.07. The van der Waals surface area contributed by atoms with Gasteiger partial charge in [-0.1, -0.05) is 36.2 Å². The molecule has 0 saturated heterocycles. The largest absolute Gasteiger partial charge is 0.326 e. The first-order chi connectivity index (χ1) is 7.11. The van der Waals surface area contributed by atoms with Gasteiger partial charge < -0.3 is 5.32 Å². The molecule has 1 atom stereocenters. The Morgan fingerprint density at radius 2 is 2.00 bits per heavy atom. The Morgan fingerprint density at radius 1 is 1.40 bits per heavy atom. The van der Waals surface area contributed by atoms with Crippen molar-refractivity contribution in [3.8, 4) is 0 Å². The van der Waals surface area contributed by atoms with Gasteiger partial charge in [0.1, 0.15) is 0 Å². The number of hydrogen-bond donors (Lipinski definition) is 1. The van der Waals surface area contributed by atoms with Crippen molar-refractivity contribution in [2.45, 2.75) is 26.7 Å². The summed E-state index contributed by atoms with van der Waals surface area (Å²) in [4.78, 5) is 11.5. The fourth-order valence-electron chi connectivity index (χ4n) is 1.21. The molecule has 3 heteroatoms. The number of carbonyl (C=O) groups is 1. The van der Waals surface area contributed by atoms with Crippen molar-refractivity contribution >= 4 is 27.5 Å². The SMILES string of the molecule is CCC(C)CC(=O)Nc1ccc(Br)cc1. The molecule has 1 unspecified atom stereocenters. The third-order valence-corrected chi connectivity index (χ3v) is 2.89. The molecule has 15 heavy (non-hydrogen) atoms. The van der Waals surface area contributed by atoms with Crippen molar-refractivity contribution < 1.29 is 4.79 Å². The van der Waals surface area contributed by atoms with Crippen LogP contribution in [0, 0.1) is 5.92 Å². The summed E-state index contributed by atoms with van der Waals surface area (Å²) in [5.41, 5.74) is 0.853. The van der Waals surface area contributed by atoms with Crippen molar-refractivity contribution in [2.24, 2.45) is 5.92 Å². The van der Waals surface area contributed by atoms with Crippen LogP contribution in [0.4, 0.5) is 5.69 Å². The molecule has 0 aliphatic heterocycles. The molecule has 0 aromatic heterocycles. The maximum Gasteiger partial charge on any atom is 0.224 e. The number of halogens is 1. The second-order valence-corrected chi connectivity index (χ2v) is 4.69. The van der Waals surface area contributed by atoms with E-state index in [1.807, 2.05) is 24.3 Å². The summed E-state index contributed by atoms with van der Waals surface area (Å²) in [5.74, 6) is 0.534. The fraction of sp³-hybridized carbons (Fsp3) is 0.417. The molecule has 0 aliphatic rings. The van der Waals surface area contributed by atoms with Gasteiger partial charge in [-0.3, -0.25) is 4.79 Å². The van der Waals surface area contributed by atoms with Gasteiger partial charge in [-0.15, -0.1) is 0 Å². The van der Waals surface area contributed by atoms with Crippen LogP contribution in [0.2, 0.25) is 0 Å². The van der Waals surface area contributed by atoms with Crippen molar-refractivity contribution in [3.05, 3.63) is 28.7 Å². The number of carbonyl (C=O) groups excluding carboxylic acids is 1. The average Bonchev–Trinajstić information content (AvgIpc) is 2.21. The molecule has 1 rings (SSSR count). The molecule has 0 radical (unpaired) electrons. The summed E-state index contributed by atoms with van der Waals surface area (Å²) >= 11 is 3.35. The van der Waals surface area contributed by atoms with Crippen LogP contribution < -0.4 is 5.32 Å². The minimum atomic E-state index is 0.0895. The number of benzene rings is 1. The van der Waals surface area contributed by atoms with E-state index >= 15 is 0 Å². The lowest BCUT2D eigenvalue weighted by atomic mass is 10.1. The van der Waals surface area contributed by atoms with E-state index in [0.29, 0.717) is 12.3 Å². The summed E-state index contributed by atoms with van der Waals surface area (Å²) in [6.45, 7) is 4.18. The lowest BCUT2D eigenvalue weighted by molar-refractivity contribution is -0.117. The third-order valence-electron chi connectivity index (χ3n) is 2.36. The van der Waals surface area contributed by atoms with E-state index in [-0.39, 0.29) is 5.91 Å². The first-order valence-corrected chi connectivity index (χ1v) is 5.96. The van der Waals surface area contributed by atoms with E-state index in [0.717, 1.165) is 16.6 Å². The minimum absolute atomic E-state index is 0.0895. The molecule has 82 valence electrons. The number of anilines is 1. The highest BCUT2D eigenvalue weighted by molar-refractivity contribution is 9.10. The monoisotopic (exact) mass is 269 g/mol. The molecule has 0 aliphatic carbocycles. The van der Waals surface area contributed by atoms with E-state index in [2.05, 4.69) is 35.1 Å². The molecular formula is C12H16BrNO. The summed E-state index contributed by atoms with van der Waals surface area (Å²) in [5, 5.41) is 2.87. The van der Waals surface area contributed by atoms with Gasteiger partial charge in [0.2, 0.25) is 5.91 Å². The van der Waals surface area contributed by atoms with Gasteiger partial charge in [0.05, 0.1) is 0 Å². The van der Waals surface area contributed by atoms with E-state index in [9.17, 15) is 4.79 Å². The Balaban J connectivity index is 2.48. The van der Waals surface area contributed by atoms with E-state index in [4.69, 9.17) is 0 Å². The molecule has 2 nitrogen and oxygen atoms in total. The van der Waals surface area contributed by atoms with E-state index in [1.165, 1.54) is 0 Å². The van der Waals surface area contributed by atoms with Crippen LogP contribution in [0.1, 0.15) is 26.7 Å². The number of rotatable bonds is 4. The quantitative estimate of drug-likeness (QED) is 0.885. The molecule has 1 amide bonds. The molecule has 0 heterocycles. The number of nitrogens with one attached hydrogen (secondary N) is 1. The molecule has 1 aromatic carbocycles. The molecular weight excluding hydrogens is 254 g/mol. The van der Waals surface area contributed by atoms with Gasteiger partial charge in [-0.2, -0.15) is 0 Å². The first kappa shape index (κ1) is 12.2. The summed E-state index contributed by atoms with van der Waals surface area (Å²) in [7, 11) is 0. The van der Waals surface area contributed by atoms with Crippen molar-refractivity contribution in [3.63, 3.8) is 0 Å². The maximum atomic E-state index is 11.5. The lowest BCUT2D eigenvalue weighted by Gasteiger charge is -2.09. The summed E-state index contributed by atoms with van der Waals surface area (Å²) in [6, 6.07) is 7.61. The predicted octanol–water partition coefficient (Wildman–Crippen LogP) is 3.82. The molecule has 0 saturated carbocycles. The Hall–Kier alpha value is -0.830. The van der Waals surface area contributed by atoms with Crippen molar-refractivity contribution in [1.29, 1.82) is 0 Å². The Kier molecular flexibility index (Phi) is 4.82. The van der Waals surface area contributed by atoms with Gasteiger partial charge in [-0.05, 0) is 30.2 Å². The lowest BCUT2D eigenvalue weighted by Crippen LogP contribution is -2.14. The third kappa shape index (κ3) is 4.47. The topological polar surface area (TPSA) is 29.1 Å². The summed E-state index contributed by atoms with van der Waals surface area (Å²) < 4.78 is 1.02. The van der Waals surface area contributed by atoms with Crippen molar-refractivity contribution in [1.82, 2.24) is 0 Å². The Bertz CT molecular complexity index is 321. The van der Waals surface area contributed by atoms with Gasteiger partial charge in [0, 0.05) is 16.6 Å². The average molecular weight is 270 g/mol. The van der Waals surface area contributed by atoms with Crippen LogP contribution in [0.25, 0.3) is 0 Å². The molecule has 0 spiro atoms. The number of hydrogen-bond acceptors (Lipinski definition) is 1. The predicted molar refractivity (Wildman–Crippen MR) is 66.8 cm³/mol. The maximum absolute atomic E-state index is 11.5. The van der Waals surface area contributed by atoms with Crippen LogP contribution in [0.3, 0.4) is 0 Å². The second kappa shape index (κ2) is 5.91. The van der Waals surface area contributed by atoms with Crippen LogP contribution in [0.15, 0.2) is 28.7 Å². The summed E-state index contributed by atoms with van der Waals surface area (Å²) in [6.07, 6.45) is 1.63. The molecule has 1 aromatic rings. The number of amides is 1. The zero-order valence-corrected chi connectivity index (χ0v) is 10.7. The van der Waals surface area contributed by atoms with Crippen molar-refractivity contribution in [2.75, 3.05) is 5.32 Å². The van der Waals surface area contributed by atoms with Crippen LogP contribution >= 0.6 is 15.9 Å². The highest BCUT2D eigenvalue weighted by atomic mass is 79.9. The second-order valence-electron chi connectivity index (χ2n) is 3.77. The fourth-order valence-corrected chi connectivity index (χ4v) is 1.47. The van der Waals surface area contributed by atoms with Gasteiger partial charge in [0.25, 0.3) is 0 Å². The van der Waals surface area contributed by atoms with Gasteiger partial charge in [-0.25, -0.2) is 0 Å². The molecule has 1 N–H and O–H groups in total.